The molecule has 0 unspecified atom stereocenters. The number of hydrogen-bond acceptors (Lipinski definition) is 5. The highest BCUT2D eigenvalue weighted by Gasteiger charge is 2.23. The van der Waals surface area contributed by atoms with Crippen LogP contribution >= 0.6 is 0 Å². The van der Waals surface area contributed by atoms with Crippen LogP contribution < -0.4 is 0 Å². The Morgan fingerprint density at radius 2 is 2.17 bits per heavy atom. The molecule has 0 aliphatic carbocycles. The lowest BCUT2D eigenvalue weighted by molar-refractivity contribution is 0.0595. The third-order valence-corrected chi connectivity index (χ3v) is 2.54. The van der Waals surface area contributed by atoms with Crippen molar-refractivity contribution < 1.29 is 9.53 Å². The molecule has 96 valence electrons. The Bertz CT molecular complexity index is 570. The second-order valence-corrected chi connectivity index (χ2v) is 4.22. The van der Waals surface area contributed by atoms with Crippen LogP contribution in [0.4, 0.5) is 0 Å². The quantitative estimate of drug-likeness (QED) is 0.760. The van der Waals surface area contributed by atoms with Crippen molar-refractivity contribution in [1.29, 1.82) is 0 Å². The van der Waals surface area contributed by atoms with Gasteiger partial charge in [0.25, 0.3) is 0 Å². The normalized spacial score (nSPS) is 10.9. The van der Waals surface area contributed by atoms with Crippen molar-refractivity contribution >= 4 is 5.97 Å². The maximum atomic E-state index is 11.7. The summed E-state index contributed by atoms with van der Waals surface area (Å²) in [6.07, 6.45) is 3.48. The zero-order valence-electron chi connectivity index (χ0n) is 10.8. The number of carbonyl (C=O) groups is 1. The van der Waals surface area contributed by atoms with E-state index in [1.54, 1.807) is 15.6 Å². The van der Waals surface area contributed by atoms with Gasteiger partial charge < -0.3 is 4.74 Å². The van der Waals surface area contributed by atoms with Gasteiger partial charge in [-0.3, -0.25) is 4.68 Å². The van der Waals surface area contributed by atoms with E-state index in [4.69, 9.17) is 4.74 Å². The van der Waals surface area contributed by atoms with Gasteiger partial charge in [-0.1, -0.05) is 5.21 Å². The Balaban J connectivity index is 2.60. The topological polar surface area (TPSA) is 74.8 Å². The maximum Gasteiger partial charge on any atom is 0.360 e. The smallest absolute Gasteiger partial charge is 0.360 e. The van der Waals surface area contributed by atoms with E-state index in [1.165, 1.54) is 7.11 Å². The second-order valence-electron chi connectivity index (χ2n) is 4.22. The highest BCUT2D eigenvalue weighted by atomic mass is 16.5. The minimum absolute atomic E-state index is 0.0890. The molecule has 2 aromatic rings. The molecule has 0 amide bonds. The predicted molar refractivity (Wildman–Crippen MR) is 63.9 cm³/mol. The standard InChI is InChI=1S/C11H15N5O2/c1-7(2)16-10(8-5-12-15(3)6-8)9(13-14-16)11(17)18-4/h5-7H,1-4H3. The molecule has 2 rings (SSSR count). The molecular weight excluding hydrogens is 234 g/mol. The lowest BCUT2D eigenvalue weighted by Gasteiger charge is -2.08. The third-order valence-electron chi connectivity index (χ3n) is 2.54. The molecule has 0 atom stereocenters. The van der Waals surface area contributed by atoms with Gasteiger partial charge in [-0.25, -0.2) is 9.48 Å². The molecule has 0 fully saturated rings. The summed E-state index contributed by atoms with van der Waals surface area (Å²) in [6, 6.07) is 0.0890. The summed E-state index contributed by atoms with van der Waals surface area (Å²) in [7, 11) is 3.13. The lowest BCUT2D eigenvalue weighted by Crippen LogP contribution is -2.07. The van der Waals surface area contributed by atoms with Crippen LogP contribution in [-0.4, -0.2) is 37.9 Å². The van der Waals surface area contributed by atoms with Crippen LogP contribution in [0.15, 0.2) is 12.4 Å². The van der Waals surface area contributed by atoms with E-state index >= 15 is 0 Å². The van der Waals surface area contributed by atoms with Gasteiger partial charge in [-0.05, 0) is 13.8 Å². The number of hydrogen-bond donors (Lipinski definition) is 0. The number of aromatic nitrogens is 5. The van der Waals surface area contributed by atoms with Crippen LogP contribution in [0.25, 0.3) is 11.3 Å². The first-order chi connectivity index (χ1) is 8.54. The van der Waals surface area contributed by atoms with Crippen molar-refractivity contribution in [2.75, 3.05) is 7.11 Å². The van der Waals surface area contributed by atoms with E-state index in [-0.39, 0.29) is 11.7 Å². The van der Waals surface area contributed by atoms with Crippen molar-refractivity contribution in [2.24, 2.45) is 7.05 Å². The molecule has 2 aromatic heterocycles. The fourth-order valence-corrected chi connectivity index (χ4v) is 1.70. The Labute approximate surface area is 104 Å². The van der Waals surface area contributed by atoms with Crippen molar-refractivity contribution in [3.8, 4) is 11.3 Å². The molecule has 7 heteroatoms. The lowest BCUT2D eigenvalue weighted by atomic mass is 10.2. The van der Waals surface area contributed by atoms with Gasteiger partial charge in [0.1, 0.15) is 5.69 Å². The van der Waals surface area contributed by atoms with Crippen molar-refractivity contribution in [3.63, 3.8) is 0 Å². The summed E-state index contributed by atoms with van der Waals surface area (Å²) in [6.45, 7) is 3.94. The van der Waals surface area contributed by atoms with Gasteiger partial charge in [0.15, 0.2) is 5.69 Å². The first-order valence-corrected chi connectivity index (χ1v) is 5.57. The Morgan fingerprint density at radius 3 is 2.67 bits per heavy atom. The summed E-state index contributed by atoms with van der Waals surface area (Å²) < 4.78 is 8.06. The number of carbonyl (C=O) groups excluding carboxylic acids is 1. The maximum absolute atomic E-state index is 11.7. The number of methoxy groups -OCH3 is 1. The first-order valence-electron chi connectivity index (χ1n) is 5.57. The third kappa shape index (κ3) is 1.99. The van der Waals surface area contributed by atoms with Crippen molar-refractivity contribution in [2.45, 2.75) is 19.9 Å². The second kappa shape index (κ2) is 4.59. The Hall–Kier alpha value is -2.18. The summed E-state index contributed by atoms with van der Waals surface area (Å²) in [5.41, 5.74) is 1.63. The van der Waals surface area contributed by atoms with Gasteiger partial charge in [0.2, 0.25) is 0 Å². The minimum atomic E-state index is -0.499. The van der Waals surface area contributed by atoms with Gasteiger partial charge in [-0.2, -0.15) is 5.10 Å². The van der Waals surface area contributed by atoms with Gasteiger partial charge in [0, 0.05) is 24.8 Å². The van der Waals surface area contributed by atoms with Gasteiger partial charge in [-0.15, -0.1) is 5.10 Å². The fourth-order valence-electron chi connectivity index (χ4n) is 1.70. The summed E-state index contributed by atoms with van der Waals surface area (Å²) in [5.74, 6) is -0.499. The molecule has 0 spiro atoms. The monoisotopic (exact) mass is 249 g/mol. The Morgan fingerprint density at radius 1 is 1.44 bits per heavy atom. The van der Waals surface area contributed by atoms with Crippen LogP contribution in [0, 0.1) is 0 Å². The predicted octanol–water partition coefficient (Wildman–Crippen LogP) is 1.05. The van der Waals surface area contributed by atoms with Crippen LogP contribution in [0.5, 0.6) is 0 Å². The molecule has 0 N–H and O–H groups in total. The van der Waals surface area contributed by atoms with Crippen molar-refractivity contribution in [1.82, 2.24) is 24.8 Å². The van der Waals surface area contributed by atoms with E-state index in [1.807, 2.05) is 27.1 Å². The fraction of sp³-hybridized carbons (Fsp3) is 0.455. The Kier molecular flexibility index (Phi) is 3.14. The number of esters is 1. The van der Waals surface area contributed by atoms with Crippen molar-refractivity contribution in [3.05, 3.63) is 18.1 Å². The van der Waals surface area contributed by atoms with E-state index in [0.717, 1.165) is 5.56 Å². The largest absolute Gasteiger partial charge is 0.464 e. The minimum Gasteiger partial charge on any atom is -0.464 e. The molecule has 0 radical (unpaired) electrons. The summed E-state index contributed by atoms with van der Waals surface area (Å²) >= 11 is 0. The summed E-state index contributed by atoms with van der Waals surface area (Å²) in [4.78, 5) is 11.7. The molecule has 0 saturated carbocycles. The van der Waals surface area contributed by atoms with Gasteiger partial charge >= 0.3 is 5.97 Å². The highest BCUT2D eigenvalue weighted by Crippen LogP contribution is 2.24. The molecule has 0 bridgehead atoms. The highest BCUT2D eigenvalue weighted by molar-refractivity contribution is 5.93. The average Bonchev–Trinajstić information content (AvgIpc) is 2.93. The number of nitrogens with zero attached hydrogens (tertiary/aromatic N) is 5. The SMILES string of the molecule is COC(=O)c1nnn(C(C)C)c1-c1cnn(C)c1. The number of rotatable bonds is 3. The van der Waals surface area contributed by atoms with E-state index in [9.17, 15) is 4.79 Å². The molecule has 0 aromatic carbocycles. The summed E-state index contributed by atoms with van der Waals surface area (Å²) in [5, 5.41) is 12.0. The first kappa shape index (κ1) is 12.3. The zero-order valence-corrected chi connectivity index (χ0v) is 10.8. The van der Waals surface area contributed by atoms with Gasteiger partial charge in [0.05, 0.1) is 13.3 Å². The van der Waals surface area contributed by atoms with Crippen LogP contribution in [0.3, 0.4) is 0 Å². The molecule has 18 heavy (non-hydrogen) atoms. The zero-order chi connectivity index (χ0) is 13.3. The van der Waals surface area contributed by atoms with E-state index in [0.29, 0.717) is 5.69 Å². The van der Waals surface area contributed by atoms with Crippen LogP contribution in [-0.2, 0) is 11.8 Å². The molecule has 0 aliphatic rings. The number of ether oxygens (including phenoxy) is 1. The molecule has 0 aliphatic heterocycles. The van der Waals surface area contributed by atoms with Crippen LogP contribution in [0.2, 0.25) is 0 Å². The average molecular weight is 249 g/mol. The van der Waals surface area contributed by atoms with E-state index in [2.05, 4.69) is 15.4 Å². The molecule has 2 heterocycles. The molecule has 7 nitrogen and oxygen atoms in total. The number of aryl methyl sites for hydroxylation is 1. The van der Waals surface area contributed by atoms with E-state index < -0.39 is 5.97 Å². The molecular formula is C11H15N5O2. The molecule has 0 saturated heterocycles. The van der Waals surface area contributed by atoms with Crippen LogP contribution in [0.1, 0.15) is 30.4 Å².